The van der Waals surface area contributed by atoms with E-state index in [2.05, 4.69) is 13.2 Å². The summed E-state index contributed by atoms with van der Waals surface area (Å²) in [5.41, 5.74) is 2.11. The van der Waals surface area contributed by atoms with E-state index in [1.54, 1.807) is 19.1 Å². The molecule has 0 unspecified atom stereocenters. The molecule has 1 aromatic rings. The minimum absolute atomic E-state index is 0.184. The smallest absolute Gasteiger partial charge is 0.341 e. The number of carbonyl (C=O) groups excluding carboxylic acids is 2. The summed E-state index contributed by atoms with van der Waals surface area (Å²) in [5.74, 6) is -0.742. The molecule has 2 aliphatic rings. The molecule has 144 valence electrons. The van der Waals surface area contributed by atoms with Crippen molar-refractivity contribution < 1.29 is 28.6 Å². The number of aliphatic hydroxyl groups is 1. The Hall–Kier alpha value is -2.60. The highest BCUT2D eigenvalue weighted by molar-refractivity contribution is 5.92. The molecule has 0 aliphatic carbocycles. The monoisotopic (exact) mass is 372 g/mol. The summed E-state index contributed by atoms with van der Waals surface area (Å²) in [6, 6.07) is 1.63. The molecule has 0 fully saturated rings. The molecule has 0 spiro atoms. The van der Waals surface area contributed by atoms with Crippen molar-refractivity contribution in [1.29, 1.82) is 0 Å². The first kappa shape index (κ1) is 19.2. The Morgan fingerprint density at radius 1 is 1.30 bits per heavy atom. The predicted octanol–water partition coefficient (Wildman–Crippen LogP) is 3.08. The maximum atomic E-state index is 12.3. The van der Waals surface area contributed by atoms with Gasteiger partial charge in [0.1, 0.15) is 23.2 Å². The second-order valence-electron chi connectivity index (χ2n) is 7.29. The van der Waals surface area contributed by atoms with Gasteiger partial charge in [0.05, 0.1) is 24.7 Å². The van der Waals surface area contributed by atoms with Crippen LogP contribution in [-0.2, 0) is 20.7 Å². The molecule has 0 radical (unpaired) electrons. The lowest BCUT2D eigenvalue weighted by molar-refractivity contribution is -0.141. The first-order valence-electron chi connectivity index (χ1n) is 8.85. The van der Waals surface area contributed by atoms with Crippen LogP contribution in [0.1, 0.15) is 48.1 Å². The maximum Gasteiger partial charge on any atom is 0.341 e. The summed E-state index contributed by atoms with van der Waals surface area (Å²) in [5, 5.41) is 10.6. The number of ether oxygens (including phenoxy) is 2. The number of rotatable bonds is 3. The fraction of sp³-hybridized carbons (Fsp3) is 0.429. The number of hydrogen-bond acceptors (Lipinski definition) is 6. The lowest BCUT2D eigenvalue weighted by Gasteiger charge is -2.21. The zero-order valence-electron chi connectivity index (χ0n) is 15.8. The summed E-state index contributed by atoms with van der Waals surface area (Å²) in [6.45, 7) is 11.6. The number of furan rings is 1. The van der Waals surface area contributed by atoms with E-state index in [1.807, 2.05) is 6.92 Å². The summed E-state index contributed by atoms with van der Waals surface area (Å²) in [4.78, 5) is 24.6. The van der Waals surface area contributed by atoms with Crippen LogP contribution in [0.15, 0.2) is 46.4 Å². The molecule has 6 heteroatoms. The van der Waals surface area contributed by atoms with E-state index in [-0.39, 0.29) is 17.9 Å². The first-order valence-corrected chi connectivity index (χ1v) is 8.85. The second kappa shape index (κ2) is 7.19. The highest BCUT2D eigenvalue weighted by Crippen LogP contribution is 2.39. The summed E-state index contributed by atoms with van der Waals surface area (Å²) in [6.07, 6.45) is 0.644. The largest absolute Gasteiger partial charge is 0.465 e. The van der Waals surface area contributed by atoms with Gasteiger partial charge >= 0.3 is 11.9 Å². The molecule has 1 aromatic heterocycles. The molecule has 2 aliphatic heterocycles. The Bertz CT molecular complexity index is 843. The molecular formula is C21H24O6. The molecule has 3 rings (SSSR count). The molecule has 0 saturated heterocycles. The molecule has 0 aromatic carbocycles. The molecule has 1 N–H and O–H groups in total. The van der Waals surface area contributed by atoms with Crippen LogP contribution in [0.4, 0.5) is 0 Å². The fourth-order valence-electron chi connectivity index (χ4n) is 3.68. The van der Waals surface area contributed by atoms with Crippen LogP contribution in [0.3, 0.4) is 0 Å². The van der Waals surface area contributed by atoms with Crippen molar-refractivity contribution >= 4 is 11.9 Å². The number of allylic oxidation sites excluding steroid dienone is 1. The molecule has 6 nitrogen and oxygen atoms in total. The number of fused-ring (bicyclic) bond motifs is 3. The number of carbonyl (C=O) groups is 2. The normalized spacial score (nSPS) is 27.3. The van der Waals surface area contributed by atoms with Crippen LogP contribution in [0.2, 0.25) is 0 Å². The molecule has 4 bridgehead atoms. The average molecular weight is 372 g/mol. The van der Waals surface area contributed by atoms with Gasteiger partial charge in [-0.15, -0.1) is 0 Å². The van der Waals surface area contributed by atoms with Crippen molar-refractivity contribution in [3.05, 3.63) is 59.1 Å². The fourth-order valence-corrected chi connectivity index (χ4v) is 3.68. The molecule has 3 heterocycles. The first-order chi connectivity index (χ1) is 12.7. The van der Waals surface area contributed by atoms with E-state index in [4.69, 9.17) is 13.9 Å². The van der Waals surface area contributed by atoms with Gasteiger partial charge in [0.2, 0.25) is 0 Å². The number of hydrogen-bond donors (Lipinski definition) is 1. The van der Waals surface area contributed by atoms with Crippen LogP contribution in [-0.4, -0.2) is 36.4 Å². The van der Waals surface area contributed by atoms with Crippen molar-refractivity contribution in [2.24, 2.45) is 5.92 Å². The van der Waals surface area contributed by atoms with E-state index >= 15 is 0 Å². The topological polar surface area (TPSA) is 86.0 Å². The number of aliphatic hydroxyl groups excluding tert-OH is 1. The van der Waals surface area contributed by atoms with Gasteiger partial charge in [-0.2, -0.15) is 0 Å². The maximum absolute atomic E-state index is 12.3. The Morgan fingerprint density at radius 3 is 2.59 bits per heavy atom. The van der Waals surface area contributed by atoms with Gasteiger partial charge in [0.15, 0.2) is 0 Å². The van der Waals surface area contributed by atoms with Crippen LogP contribution in [0.5, 0.6) is 0 Å². The predicted molar refractivity (Wildman–Crippen MR) is 98.2 cm³/mol. The molecule has 0 amide bonds. The van der Waals surface area contributed by atoms with Gasteiger partial charge in [-0.3, -0.25) is 0 Å². The summed E-state index contributed by atoms with van der Waals surface area (Å²) >= 11 is 0. The van der Waals surface area contributed by atoms with Gasteiger partial charge in [0, 0.05) is 6.42 Å². The average Bonchev–Trinajstić information content (AvgIpc) is 3.16. The number of esters is 2. The van der Waals surface area contributed by atoms with Crippen LogP contribution in [0.25, 0.3) is 0 Å². The molecule has 27 heavy (non-hydrogen) atoms. The van der Waals surface area contributed by atoms with Crippen molar-refractivity contribution in [2.75, 3.05) is 7.11 Å². The SMILES string of the molecule is C=C(C)[C@@H]1Cc2oc(cc2C(=O)OC)[C@H](C(=C)C)[C@H]2C=C(C(=O)O2)[C@@H](O)C1. The van der Waals surface area contributed by atoms with Crippen molar-refractivity contribution in [3.63, 3.8) is 0 Å². The number of methoxy groups -OCH3 is 1. The Balaban J connectivity index is 2.17. The van der Waals surface area contributed by atoms with E-state index in [0.29, 0.717) is 29.1 Å². The van der Waals surface area contributed by atoms with Crippen molar-refractivity contribution in [1.82, 2.24) is 0 Å². The summed E-state index contributed by atoms with van der Waals surface area (Å²) in [7, 11) is 1.31. The van der Waals surface area contributed by atoms with Crippen LogP contribution >= 0.6 is 0 Å². The highest BCUT2D eigenvalue weighted by Gasteiger charge is 2.40. The van der Waals surface area contributed by atoms with Crippen molar-refractivity contribution in [3.8, 4) is 0 Å². The minimum atomic E-state index is -0.984. The van der Waals surface area contributed by atoms with Gasteiger partial charge in [-0.05, 0) is 38.3 Å². The Labute approximate surface area is 158 Å². The standard InChI is InChI=1S/C21H24O6/c1-10(2)12-6-15(22)13-8-18(27-21(13)24)19(11(3)4)17-9-14(20(23)25-5)16(7-12)26-17/h8-9,12,15,18-19,22H,1,3,6-7H2,2,4-5H3/t12-,15-,18+,19-/m0/s1. The van der Waals surface area contributed by atoms with E-state index in [1.165, 1.54) is 7.11 Å². The summed E-state index contributed by atoms with van der Waals surface area (Å²) < 4.78 is 16.4. The van der Waals surface area contributed by atoms with Crippen LogP contribution < -0.4 is 0 Å². The molecule has 4 atom stereocenters. The van der Waals surface area contributed by atoms with Gasteiger partial charge in [-0.1, -0.05) is 24.3 Å². The van der Waals surface area contributed by atoms with Gasteiger partial charge in [-0.25, -0.2) is 9.59 Å². The lowest BCUT2D eigenvalue weighted by atomic mass is 9.86. The zero-order chi connectivity index (χ0) is 19.9. The minimum Gasteiger partial charge on any atom is -0.465 e. The quantitative estimate of drug-likeness (QED) is 0.648. The van der Waals surface area contributed by atoms with E-state index in [9.17, 15) is 14.7 Å². The molecule has 0 saturated carbocycles. The third-order valence-electron chi connectivity index (χ3n) is 5.22. The van der Waals surface area contributed by atoms with Gasteiger partial charge < -0.3 is 19.0 Å². The Morgan fingerprint density at radius 2 is 2.00 bits per heavy atom. The molecular weight excluding hydrogens is 348 g/mol. The van der Waals surface area contributed by atoms with Gasteiger partial charge in [0.25, 0.3) is 0 Å². The third kappa shape index (κ3) is 3.49. The van der Waals surface area contributed by atoms with Crippen molar-refractivity contribution in [2.45, 2.75) is 44.8 Å². The van der Waals surface area contributed by atoms with Crippen LogP contribution in [0, 0.1) is 5.92 Å². The third-order valence-corrected chi connectivity index (χ3v) is 5.22. The Kier molecular flexibility index (Phi) is 5.11. The van der Waals surface area contributed by atoms with E-state index < -0.39 is 30.1 Å². The lowest BCUT2D eigenvalue weighted by Crippen LogP contribution is -2.22. The zero-order valence-corrected chi connectivity index (χ0v) is 15.8. The second-order valence-corrected chi connectivity index (χ2v) is 7.29. The van der Waals surface area contributed by atoms with E-state index in [0.717, 1.165) is 5.57 Å². The highest BCUT2D eigenvalue weighted by atomic mass is 16.6.